The number of hydrogen-bond donors (Lipinski definition) is 1. The van der Waals surface area contributed by atoms with E-state index in [-0.39, 0.29) is 11.5 Å². The fourth-order valence-corrected chi connectivity index (χ4v) is 4.42. The molecule has 1 aromatic heterocycles. The maximum atomic E-state index is 12.7. The van der Waals surface area contributed by atoms with E-state index in [2.05, 4.69) is 17.4 Å². The Kier molecular flexibility index (Phi) is 6.04. The van der Waals surface area contributed by atoms with Crippen molar-refractivity contribution >= 4 is 11.0 Å². The molecule has 4 aromatic rings. The predicted molar refractivity (Wildman–Crippen MR) is 128 cm³/mol. The maximum absolute atomic E-state index is 12.7. The smallest absolute Gasteiger partial charge is 0.193 e. The molecule has 0 aliphatic carbocycles. The second-order valence-electron chi connectivity index (χ2n) is 8.40. The van der Waals surface area contributed by atoms with Gasteiger partial charge in [-0.05, 0) is 37.1 Å². The Morgan fingerprint density at radius 2 is 1.72 bits per heavy atom. The normalized spacial score (nSPS) is 17.2. The van der Waals surface area contributed by atoms with Gasteiger partial charge in [-0.3, -0.25) is 4.79 Å². The second-order valence-corrected chi connectivity index (χ2v) is 8.40. The van der Waals surface area contributed by atoms with Crippen LogP contribution in [0.25, 0.3) is 22.3 Å². The van der Waals surface area contributed by atoms with Crippen molar-refractivity contribution in [3.8, 4) is 17.1 Å². The van der Waals surface area contributed by atoms with E-state index < -0.39 is 0 Å². The molecule has 1 aliphatic rings. The molecule has 0 amide bonds. The molecule has 1 N–H and O–H groups in total. The molecule has 5 rings (SSSR count). The van der Waals surface area contributed by atoms with Gasteiger partial charge in [0.1, 0.15) is 23.2 Å². The van der Waals surface area contributed by atoms with Crippen molar-refractivity contribution in [2.75, 3.05) is 6.54 Å². The van der Waals surface area contributed by atoms with E-state index in [1.54, 1.807) is 12.1 Å². The van der Waals surface area contributed by atoms with Crippen LogP contribution in [-0.2, 0) is 0 Å². The van der Waals surface area contributed by atoms with Gasteiger partial charge >= 0.3 is 0 Å². The lowest BCUT2D eigenvalue weighted by atomic mass is 9.95. The van der Waals surface area contributed by atoms with Gasteiger partial charge in [0.15, 0.2) is 5.43 Å². The van der Waals surface area contributed by atoms with Gasteiger partial charge in [0, 0.05) is 30.2 Å². The van der Waals surface area contributed by atoms with E-state index >= 15 is 0 Å². The van der Waals surface area contributed by atoms with Crippen molar-refractivity contribution in [2.45, 2.75) is 37.8 Å². The third kappa shape index (κ3) is 4.61. The first-order chi connectivity index (χ1) is 15.8. The Hall–Kier alpha value is -3.37. The predicted octanol–water partition coefficient (Wildman–Crippen LogP) is 6.11. The molecule has 3 aromatic carbocycles. The van der Waals surface area contributed by atoms with Gasteiger partial charge in [0.25, 0.3) is 0 Å². The lowest BCUT2D eigenvalue weighted by Crippen LogP contribution is -2.36. The summed E-state index contributed by atoms with van der Waals surface area (Å²) in [5.74, 6) is 1.27. The zero-order chi connectivity index (χ0) is 21.8. The molecule has 4 heteroatoms. The van der Waals surface area contributed by atoms with Crippen LogP contribution in [0.1, 0.15) is 37.4 Å². The molecule has 2 unspecified atom stereocenters. The zero-order valence-corrected chi connectivity index (χ0v) is 18.0. The first-order valence-corrected chi connectivity index (χ1v) is 11.3. The Morgan fingerprint density at radius 1 is 0.938 bits per heavy atom. The number of benzene rings is 3. The van der Waals surface area contributed by atoms with Crippen LogP contribution in [0.2, 0.25) is 0 Å². The van der Waals surface area contributed by atoms with E-state index in [1.165, 1.54) is 19.3 Å². The minimum atomic E-state index is -0.0757. The molecule has 0 spiro atoms. The minimum absolute atomic E-state index is 0.0531. The third-order valence-electron chi connectivity index (χ3n) is 6.12. The molecule has 1 fully saturated rings. The Labute approximate surface area is 187 Å². The van der Waals surface area contributed by atoms with Crippen molar-refractivity contribution in [1.29, 1.82) is 0 Å². The largest absolute Gasteiger partial charge is 0.486 e. The van der Waals surface area contributed by atoms with Crippen LogP contribution < -0.4 is 15.5 Å². The van der Waals surface area contributed by atoms with Crippen LogP contribution in [0.5, 0.6) is 5.75 Å². The number of fused-ring (bicyclic) bond motifs is 1. The lowest BCUT2D eigenvalue weighted by Gasteiger charge is -2.28. The lowest BCUT2D eigenvalue weighted by molar-refractivity contribution is 0.169. The van der Waals surface area contributed by atoms with Gasteiger partial charge in [-0.15, -0.1) is 0 Å². The first kappa shape index (κ1) is 20.5. The Morgan fingerprint density at radius 3 is 2.47 bits per heavy atom. The molecule has 0 radical (unpaired) electrons. The van der Waals surface area contributed by atoms with Crippen molar-refractivity contribution in [3.63, 3.8) is 0 Å². The average Bonchev–Trinajstić information content (AvgIpc) is 2.85. The van der Waals surface area contributed by atoms with E-state index in [4.69, 9.17) is 9.15 Å². The SMILES string of the molecule is O=c1cc(-c2ccccc2)oc2cc(OC(CC3CCCCN3)c3ccccc3)ccc12. The number of piperidine rings is 1. The molecule has 2 heterocycles. The van der Waals surface area contributed by atoms with E-state index in [0.29, 0.717) is 28.5 Å². The van der Waals surface area contributed by atoms with Crippen LogP contribution in [0.3, 0.4) is 0 Å². The summed E-state index contributed by atoms with van der Waals surface area (Å²) >= 11 is 0. The van der Waals surface area contributed by atoms with E-state index in [0.717, 1.165) is 24.1 Å². The van der Waals surface area contributed by atoms with Crippen LogP contribution >= 0.6 is 0 Å². The monoisotopic (exact) mass is 425 g/mol. The fourth-order valence-electron chi connectivity index (χ4n) is 4.42. The summed E-state index contributed by atoms with van der Waals surface area (Å²) in [5, 5.41) is 4.19. The maximum Gasteiger partial charge on any atom is 0.193 e. The number of ether oxygens (including phenoxy) is 1. The summed E-state index contributed by atoms with van der Waals surface area (Å²) in [7, 11) is 0. The van der Waals surface area contributed by atoms with Crippen molar-refractivity contribution in [2.24, 2.45) is 0 Å². The molecule has 1 aliphatic heterocycles. The summed E-state index contributed by atoms with van der Waals surface area (Å²) in [5.41, 5.74) is 2.52. The summed E-state index contributed by atoms with van der Waals surface area (Å²) in [4.78, 5) is 12.7. The molecule has 0 bridgehead atoms. The Balaban J connectivity index is 1.47. The zero-order valence-electron chi connectivity index (χ0n) is 18.0. The first-order valence-electron chi connectivity index (χ1n) is 11.3. The number of rotatable bonds is 6. The summed E-state index contributed by atoms with van der Waals surface area (Å²) < 4.78 is 12.6. The van der Waals surface area contributed by atoms with Crippen molar-refractivity contribution in [1.82, 2.24) is 5.32 Å². The summed E-state index contributed by atoms with van der Waals surface area (Å²) in [6.07, 6.45) is 4.48. The van der Waals surface area contributed by atoms with Gasteiger partial charge in [0.05, 0.1) is 5.39 Å². The molecular formula is C28H27NO3. The minimum Gasteiger partial charge on any atom is -0.486 e. The topological polar surface area (TPSA) is 51.5 Å². The number of nitrogens with one attached hydrogen (secondary N) is 1. The molecule has 0 saturated carbocycles. The van der Waals surface area contributed by atoms with Crippen LogP contribution in [0, 0.1) is 0 Å². The second kappa shape index (κ2) is 9.41. The van der Waals surface area contributed by atoms with Crippen LogP contribution in [-0.4, -0.2) is 12.6 Å². The fraction of sp³-hybridized carbons (Fsp3) is 0.250. The molecule has 32 heavy (non-hydrogen) atoms. The highest BCUT2D eigenvalue weighted by atomic mass is 16.5. The van der Waals surface area contributed by atoms with Crippen LogP contribution in [0.15, 0.2) is 94.1 Å². The van der Waals surface area contributed by atoms with Gasteiger partial charge in [-0.25, -0.2) is 0 Å². The van der Waals surface area contributed by atoms with Gasteiger partial charge in [-0.2, -0.15) is 0 Å². The highest BCUT2D eigenvalue weighted by molar-refractivity contribution is 5.80. The van der Waals surface area contributed by atoms with Crippen LogP contribution in [0.4, 0.5) is 0 Å². The Bertz CT molecular complexity index is 1230. The van der Waals surface area contributed by atoms with Crippen molar-refractivity contribution in [3.05, 3.63) is 101 Å². The molecule has 1 saturated heterocycles. The molecule has 2 atom stereocenters. The van der Waals surface area contributed by atoms with E-state index in [9.17, 15) is 4.79 Å². The molecular weight excluding hydrogens is 398 g/mol. The molecule has 162 valence electrons. The van der Waals surface area contributed by atoms with Crippen molar-refractivity contribution < 1.29 is 9.15 Å². The highest BCUT2D eigenvalue weighted by Gasteiger charge is 2.22. The van der Waals surface area contributed by atoms with Gasteiger partial charge in [-0.1, -0.05) is 67.1 Å². The highest BCUT2D eigenvalue weighted by Crippen LogP contribution is 2.30. The summed E-state index contributed by atoms with van der Waals surface area (Å²) in [6, 6.07) is 27.5. The van der Waals surface area contributed by atoms with E-state index in [1.807, 2.05) is 60.7 Å². The summed E-state index contributed by atoms with van der Waals surface area (Å²) in [6.45, 7) is 1.07. The molecule has 4 nitrogen and oxygen atoms in total. The third-order valence-corrected chi connectivity index (χ3v) is 6.12. The quantitative estimate of drug-likeness (QED) is 0.405. The number of hydrogen-bond acceptors (Lipinski definition) is 4. The van der Waals surface area contributed by atoms with Gasteiger partial charge in [0.2, 0.25) is 0 Å². The average molecular weight is 426 g/mol. The van der Waals surface area contributed by atoms with Gasteiger partial charge < -0.3 is 14.5 Å². The standard InChI is InChI=1S/C28H27NO3/c30-25-19-27(21-11-5-2-6-12-21)32-28-18-23(14-15-24(25)28)31-26(20-9-3-1-4-10-20)17-22-13-7-8-16-29-22/h1-6,9-12,14-15,18-19,22,26,29H,7-8,13,16-17H2.